The average Bonchev–Trinajstić information content (AvgIpc) is 2.86. The van der Waals surface area contributed by atoms with Gasteiger partial charge in [-0.15, -0.1) is 11.3 Å². The maximum atomic E-state index is 12.2. The molecule has 1 unspecified atom stereocenters. The van der Waals surface area contributed by atoms with Gasteiger partial charge in [-0.25, -0.2) is 13.1 Å². The molecule has 2 N–H and O–H groups in total. The summed E-state index contributed by atoms with van der Waals surface area (Å²) in [4.78, 5) is 0.780. The Balaban J connectivity index is 2.27. The van der Waals surface area contributed by atoms with Crippen LogP contribution in [0.5, 0.6) is 0 Å². The standard InChI is InChI=1S/C10H15NO3S3/c1-7-5-16-9(4-12)10(7)17(13,14)11-8-2-3-15-6-8/h5,8,11-12H,2-4,6H2,1H3. The highest BCUT2D eigenvalue weighted by Gasteiger charge is 2.27. The number of aryl methyl sites for hydroxylation is 1. The number of aliphatic hydroxyl groups is 1. The molecule has 2 heterocycles. The highest BCUT2D eigenvalue weighted by Crippen LogP contribution is 2.28. The molecule has 1 aliphatic heterocycles. The Bertz CT molecular complexity index is 489. The first-order valence-electron chi connectivity index (χ1n) is 5.32. The van der Waals surface area contributed by atoms with Crippen molar-refractivity contribution in [1.29, 1.82) is 0 Å². The Morgan fingerprint density at radius 2 is 2.35 bits per heavy atom. The molecule has 1 atom stereocenters. The monoisotopic (exact) mass is 293 g/mol. The number of hydrogen-bond acceptors (Lipinski definition) is 5. The molecule has 1 aromatic heterocycles. The first kappa shape index (κ1) is 13.4. The summed E-state index contributed by atoms with van der Waals surface area (Å²) < 4.78 is 27.2. The van der Waals surface area contributed by atoms with E-state index in [-0.39, 0.29) is 17.5 Å². The summed E-state index contributed by atoms with van der Waals surface area (Å²) in [6.45, 7) is 1.53. The number of rotatable bonds is 4. The Kier molecular flexibility index (Phi) is 4.14. The fourth-order valence-corrected chi connectivity index (χ4v) is 6.05. The average molecular weight is 293 g/mol. The number of thiophene rings is 1. The molecule has 1 aliphatic rings. The predicted octanol–water partition coefficient (Wildman–Crippen LogP) is 1.33. The molecule has 17 heavy (non-hydrogen) atoms. The van der Waals surface area contributed by atoms with E-state index in [4.69, 9.17) is 0 Å². The first-order valence-corrected chi connectivity index (χ1v) is 8.84. The van der Waals surface area contributed by atoms with E-state index in [1.807, 2.05) is 0 Å². The Labute approximate surface area is 109 Å². The molecule has 4 nitrogen and oxygen atoms in total. The van der Waals surface area contributed by atoms with Gasteiger partial charge in [-0.1, -0.05) is 0 Å². The van der Waals surface area contributed by atoms with Gasteiger partial charge < -0.3 is 5.11 Å². The summed E-state index contributed by atoms with van der Waals surface area (Å²) in [7, 11) is -3.49. The zero-order chi connectivity index (χ0) is 12.5. The fraction of sp³-hybridized carbons (Fsp3) is 0.600. The minimum atomic E-state index is -3.49. The van der Waals surface area contributed by atoms with Crippen molar-refractivity contribution in [2.24, 2.45) is 0 Å². The van der Waals surface area contributed by atoms with E-state index in [9.17, 15) is 13.5 Å². The summed E-state index contributed by atoms with van der Waals surface area (Å²) in [5.74, 6) is 1.83. The second-order valence-electron chi connectivity index (χ2n) is 4.01. The van der Waals surface area contributed by atoms with E-state index in [1.54, 1.807) is 24.1 Å². The van der Waals surface area contributed by atoms with Gasteiger partial charge in [0, 0.05) is 11.8 Å². The molecule has 1 aromatic rings. The molecule has 96 valence electrons. The molecule has 1 saturated heterocycles. The normalized spacial score (nSPS) is 20.9. The number of thioether (sulfide) groups is 1. The third kappa shape index (κ3) is 2.85. The van der Waals surface area contributed by atoms with Gasteiger partial charge in [-0.3, -0.25) is 0 Å². The minimum Gasteiger partial charge on any atom is -0.391 e. The van der Waals surface area contributed by atoms with Crippen LogP contribution in [0.3, 0.4) is 0 Å². The molecule has 0 aliphatic carbocycles. The van der Waals surface area contributed by atoms with Crippen LogP contribution in [0.1, 0.15) is 16.9 Å². The van der Waals surface area contributed by atoms with Gasteiger partial charge in [-0.05, 0) is 30.0 Å². The molecule has 2 rings (SSSR count). The lowest BCUT2D eigenvalue weighted by atomic mass is 10.3. The van der Waals surface area contributed by atoms with Gasteiger partial charge in [-0.2, -0.15) is 11.8 Å². The zero-order valence-corrected chi connectivity index (χ0v) is 11.9. The number of sulfonamides is 1. The molecular formula is C10H15NO3S3. The topological polar surface area (TPSA) is 66.4 Å². The van der Waals surface area contributed by atoms with Crippen LogP contribution in [0, 0.1) is 6.92 Å². The fourth-order valence-electron chi connectivity index (χ4n) is 1.86. The van der Waals surface area contributed by atoms with Crippen LogP contribution in [0.2, 0.25) is 0 Å². The number of aliphatic hydroxyl groups excluding tert-OH is 1. The Hall–Kier alpha value is -0.0800. The molecular weight excluding hydrogens is 278 g/mol. The van der Waals surface area contributed by atoms with E-state index in [1.165, 1.54) is 11.3 Å². The van der Waals surface area contributed by atoms with Gasteiger partial charge in [0.25, 0.3) is 0 Å². The van der Waals surface area contributed by atoms with Crippen molar-refractivity contribution in [2.75, 3.05) is 11.5 Å². The molecule has 0 bridgehead atoms. The molecule has 1 fully saturated rings. The lowest BCUT2D eigenvalue weighted by molar-refractivity contribution is 0.282. The minimum absolute atomic E-state index is 0.0239. The van der Waals surface area contributed by atoms with Gasteiger partial charge in [0.1, 0.15) is 4.90 Å². The van der Waals surface area contributed by atoms with Gasteiger partial charge in [0.15, 0.2) is 0 Å². The van der Waals surface area contributed by atoms with Gasteiger partial charge in [0.2, 0.25) is 10.0 Å². The Morgan fingerprint density at radius 1 is 1.59 bits per heavy atom. The number of hydrogen-bond donors (Lipinski definition) is 2. The largest absolute Gasteiger partial charge is 0.391 e. The lowest BCUT2D eigenvalue weighted by Gasteiger charge is -2.12. The lowest BCUT2D eigenvalue weighted by Crippen LogP contribution is -2.35. The van der Waals surface area contributed by atoms with Crippen molar-refractivity contribution >= 4 is 33.1 Å². The van der Waals surface area contributed by atoms with Crippen molar-refractivity contribution in [2.45, 2.75) is 30.9 Å². The van der Waals surface area contributed by atoms with Crippen molar-refractivity contribution in [3.05, 3.63) is 15.8 Å². The van der Waals surface area contributed by atoms with E-state index in [2.05, 4.69) is 4.72 Å². The van der Waals surface area contributed by atoms with Crippen LogP contribution in [-0.2, 0) is 16.6 Å². The van der Waals surface area contributed by atoms with E-state index >= 15 is 0 Å². The van der Waals surface area contributed by atoms with Crippen molar-refractivity contribution in [1.82, 2.24) is 4.72 Å². The predicted molar refractivity (Wildman–Crippen MR) is 71.0 cm³/mol. The molecule has 0 aromatic carbocycles. The van der Waals surface area contributed by atoms with Gasteiger partial charge >= 0.3 is 0 Å². The van der Waals surface area contributed by atoms with Gasteiger partial charge in [0.05, 0.1) is 11.5 Å². The van der Waals surface area contributed by atoms with Crippen LogP contribution in [0.25, 0.3) is 0 Å². The van der Waals surface area contributed by atoms with Crippen LogP contribution in [0.15, 0.2) is 10.3 Å². The third-order valence-electron chi connectivity index (χ3n) is 2.65. The van der Waals surface area contributed by atoms with Crippen LogP contribution < -0.4 is 4.72 Å². The second-order valence-corrected chi connectivity index (χ2v) is 7.78. The number of nitrogens with one attached hydrogen (secondary N) is 1. The first-order chi connectivity index (χ1) is 8.04. The maximum Gasteiger partial charge on any atom is 0.242 e. The van der Waals surface area contributed by atoms with Crippen molar-refractivity contribution < 1.29 is 13.5 Å². The summed E-state index contributed by atoms with van der Waals surface area (Å²) in [6, 6.07) is 0.0239. The van der Waals surface area contributed by atoms with Crippen LogP contribution in [-0.4, -0.2) is 31.1 Å². The Morgan fingerprint density at radius 3 is 2.94 bits per heavy atom. The maximum absolute atomic E-state index is 12.2. The van der Waals surface area contributed by atoms with Crippen LogP contribution in [0.4, 0.5) is 0 Å². The SMILES string of the molecule is Cc1csc(CO)c1S(=O)(=O)NC1CCSC1. The molecule has 7 heteroatoms. The zero-order valence-electron chi connectivity index (χ0n) is 9.47. The highest BCUT2D eigenvalue weighted by atomic mass is 32.2. The smallest absolute Gasteiger partial charge is 0.242 e. The summed E-state index contributed by atoms with van der Waals surface area (Å²) in [6.07, 6.45) is 0.877. The van der Waals surface area contributed by atoms with E-state index in [0.717, 1.165) is 17.9 Å². The molecule has 0 saturated carbocycles. The van der Waals surface area contributed by atoms with E-state index in [0.29, 0.717) is 10.4 Å². The van der Waals surface area contributed by atoms with E-state index < -0.39 is 10.0 Å². The summed E-state index contributed by atoms with van der Waals surface area (Å²) in [5.41, 5.74) is 0.706. The highest BCUT2D eigenvalue weighted by molar-refractivity contribution is 7.99. The second kappa shape index (κ2) is 5.27. The van der Waals surface area contributed by atoms with Crippen LogP contribution >= 0.6 is 23.1 Å². The van der Waals surface area contributed by atoms with Crippen molar-refractivity contribution in [3.8, 4) is 0 Å². The molecule has 0 radical (unpaired) electrons. The molecule has 0 spiro atoms. The van der Waals surface area contributed by atoms with Crippen molar-refractivity contribution in [3.63, 3.8) is 0 Å². The summed E-state index contributed by atoms with van der Waals surface area (Å²) >= 11 is 3.05. The quantitative estimate of drug-likeness (QED) is 0.879. The summed E-state index contributed by atoms with van der Waals surface area (Å²) in [5, 5.41) is 10.9. The molecule has 0 amide bonds. The third-order valence-corrected chi connectivity index (χ3v) is 6.78.